The van der Waals surface area contributed by atoms with E-state index in [1.165, 1.54) is 30.3 Å². The zero-order chi connectivity index (χ0) is 14.5. The number of benzene rings is 2. The fraction of sp³-hybridized carbons (Fsp3) is 0.0714. The van der Waals surface area contributed by atoms with Crippen molar-refractivity contribution in [3.63, 3.8) is 0 Å². The highest BCUT2D eigenvalue weighted by Crippen LogP contribution is 2.19. The van der Waals surface area contributed by atoms with Gasteiger partial charge in [-0.1, -0.05) is 12.1 Å². The van der Waals surface area contributed by atoms with Gasteiger partial charge in [-0.3, -0.25) is 10.1 Å². The first-order chi connectivity index (χ1) is 9.58. The summed E-state index contributed by atoms with van der Waals surface area (Å²) < 4.78 is 17.7. The molecule has 6 heteroatoms. The maximum Gasteiger partial charge on any atom is 0.338 e. The third-order valence-electron chi connectivity index (χ3n) is 2.63. The van der Waals surface area contributed by atoms with Crippen LogP contribution in [0.4, 0.5) is 10.1 Å². The van der Waals surface area contributed by atoms with E-state index in [0.717, 1.165) is 12.1 Å². The van der Waals surface area contributed by atoms with E-state index >= 15 is 0 Å². The Morgan fingerprint density at radius 3 is 2.45 bits per heavy atom. The molecule has 0 aliphatic carbocycles. The summed E-state index contributed by atoms with van der Waals surface area (Å²) in [6.07, 6.45) is 0. The average Bonchev–Trinajstić information content (AvgIpc) is 2.45. The molecule has 0 spiro atoms. The van der Waals surface area contributed by atoms with E-state index in [2.05, 4.69) is 0 Å². The largest absolute Gasteiger partial charge is 0.457 e. The van der Waals surface area contributed by atoms with Gasteiger partial charge in [0.1, 0.15) is 12.4 Å². The van der Waals surface area contributed by atoms with E-state index in [9.17, 15) is 19.3 Å². The number of halogens is 1. The molecule has 0 saturated carbocycles. The lowest BCUT2D eigenvalue weighted by atomic mass is 10.2. The van der Waals surface area contributed by atoms with Crippen molar-refractivity contribution in [1.29, 1.82) is 0 Å². The predicted octanol–water partition coefficient (Wildman–Crippen LogP) is 3.09. The fourth-order valence-electron chi connectivity index (χ4n) is 1.62. The zero-order valence-electron chi connectivity index (χ0n) is 10.3. The minimum Gasteiger partial charge on any atom is -0.457 e. The Morgan fingerprint density at radius 1 is 1.15 bits per heavy atom. The summed E-state index contributed by atoms with van der Waals surface area (Å²) in [6.45, 7) is -0.215. The lowest BCUT2D eigenvalue weighted by molar-refractivity contribution is -0.385. The molecule has 2 aromatic carbocycles. The van der Waals surface area contributed by atoms with Crippen LogP contribution in [0.2, 0.25) is 0 Å². The van der Waals surface area contributed by atoms with Crippen LogP contribution in [0.25, 0.3) is 0 Å². The molecule has 0 radical (unpaired) electrons. The Kier molecular flexibility index (Phi) is 4.05. The number of nitro benzene ring substituents is 1. The smallest absolute Gasteiger partial charge is 0.338 e. The second-order valence-electron chi connectivity index (χ2n) is 3.97. The molecule has 0 N–H and O–H groups in total. The van der Waals surface area contributed by atoms with Crippen molar-refractivity contribution in [1.82, 2.24) is 0 Å². The van der Waals surface area contributed by atoms with Crippen LogP contribution in [0.3, 0.4) is 0 Å². The third kappa shape index (κ3) is 3.17. The van der Waals surface area contributed by atoms with Crippen LogP contribution in [0.15, 0.2) is 48.5 Å². The van der Waals surface area contributed by atoms with Gasteiger partial charge in [-0.05, 0) is 30.3 Å². The summed E-state index contributed by atoms with van der Waals surface area (Å²) in [7, 11) is 0. The molecular formula is C14H10FNO4. The molecule has 0 aliphatic heterocycles. The number of para-hydroxylation sites is 1. The molecule has 0 aliphatic rings. The fourth-order valence-corrected chi connectivity index (χ4v) is 1.62. The second-order valence-corrected chi connectivity index (χ2v) is 3.97. The summed E-state index contributed by atoms with van der Waals surface area (Å²) in [5.41, 5.74) is 0.373. The second kappa shape index (κ2) is 5.92. The van der Waals surface area contributed by atoms with Crippen LogP contribution in [0, 0.1) is 15.9 Å². The van der Waals surface area contributed by atoms with Crippen LogP contribution in [-0.4, -0.2) is 10.9 Å². The van der Waals surface area contributed by atoms with Gasteiger partial charge in [-0.2, -0.15) is 0 Å². The summed E-state index contributed by atoms with van der Waals surface area (Å²) in [5.74, 6) is -1.12. The van der Waals surface area contributed by atoms with Crippen LogP contribution >= 0.6 is 0 Å². The molecular weight excluding hydrogens is 265 g/mol. The Labute approximate surface area is 113 Å². The minimum absolute atomic E-state index is 0.112. The first-order valence-corrected chi connectivity index (χ1v) is 5.73. The van der Waals surface area contributed by atoms with Gasteiger partial charge < -0.3 is 4.74 Å². The highest BCUT2D eigenvalue weighted by Gasteiger charge is 2.14. The highest BCUT2D eigenvalue weighted by molar-refractivity contribution is 5.89. The number of rotatable bonds is 4. The first-order valence-electron chi connectivity index (χ1n) is 5.73. The van der Waals surface area contributed by atoms with Crippen LogP contribution in [0.5, 0.6) is 0 Å². The zero-order valence-corrected chi connectivity index (χ0v) is 10.3. The molecule has 0 aromatic heterocycles. The van der Waals surface area contributed by atoms with Gasteiger partial charge in [0.05, 0.1) is 16.1 Å². The predicted molar refractivity (Wildman–Crippen MR) is 68.6 cm³/mol. The van der Waals surface area contributed by atoms with Crippen molar-refractivity contribution in [2.24, 2.45) is 0 Å². The molecule has 0 saturated heterocycles. The maximum absolute atomic E-state index is 12.7. The van der Waals surface area contributed by atoms with Gasteiger partial charge in [-0.25, -0.2) is 9.18 Å². The normalized spacial score (nSPS) is 10.1. The Morgan fingerprint density at radius 2 is 1.80 bits per heavy atom. The molecule has 0 unspecified atom stereocenters. The molecule has 102 valence electrons. The summed E-state index contributed by atoms with van der Waals surface area (Å²) in [5, 5.41) is 10.8. The molecule has 0 fully saturated rings. The van der Waals surface area contributed by atoms with E-state index in [1.807, 2.05) is 0 Å². The Bertz CT molecular complexity index is 640. The SMILES string of the molecule is O=C(OCc1ccccc1[N+](=O)[O-])c1ccc(F)cc1. The van der Waals surface area contributed by atoms with Gasteiger partial charge in [0, 0.05) is 6.07 Å². The molecule has 2 aromatic rings. The number of hydrogen-bond donors (Lipinski definition) is 0. The number of carbonyl (C=O) groups excluding carboxylic acids is 1. The van der Waals surface area contributed by atoms with E-state index in [-0.39, 0.29) is 17.9 Å². The standard InChI is InChI=1S/C14H10FNO4/c15-12-7-5-10(6-8-12)14(17)20-9-11-3-1-2-4-13(11)16(18)19/h1-8H,9H2. The monoisotopic (exact) mass is 275 g/mol. The molecule has 0 bridgehead atoms. The van der Waals surface area contributed by atoms with E-state index in [0.29, 0.717) is 5.56 Å². The van der Waals surface area contributed by atoms with Crippen molar-refractivity contribution in [3.05, 3.63) is 75.6 Å². The quantitative estimate of drug-likeness (QED) is 0.488. The number of ether oxygens (including phenoxy) is 1. The van der Waals surface area contributed by atoms with Gasteiger partial charge in [0.2, 0.25) is 0 Å². The van der Waals surface area contributed by atoms with Crippen molar-refractivity contribution < 1.29 is 18.8 Å². The summed E-state index contributed by atoms with van der Waals surface area (Å²) in [6, 6.07) is 10.9. The highest BCUT2D eigenvalue weighted by atomic mass is 19.1. The summed E-state index contributed by atoms with van der Waals surface area (Å²) >= 11 is 0. The number of carbonyl (C=O) groups is 1. The van der Waals surface area contributed by atoms with Gasteiger partial charge in [-0.15, -0.1) is 0 Å². The number of nitrogens with zero attached hydrogens (tertiary/aromatic N) is 1. The van der Waals surface area contributed by atoms with Crippen molar-refractivity contribution in [3.8, 4) is 0 Å². The van der Waals surface area contributed by atoms with Crippen molar-refractivity contribution >= 4 is 11.7 Å². The number of nitro groups is 1. The van der Waals surface area contributed by atoms with Gasteiger partial charge in [0.15, 0.2) is 0 Å². The molecule has 0 atom stereocenters. The lowest BCUT2D eigenvalue weighted by Crippen LogP contribution is -2.06. The molecule has 20 heavy (non-hydrogen) atoms. The number of esters is 1. The Balaban J connectivity index is 2.07. The summed E-state index contributed by atoms with van der Waals surface area (Å²) in [4.78, 5) is 22.0. The minimum atomic E-state index is -0.664. The van der Waals surface area contributed by atoms with E-state index in [4.69, 9.17) is 4.74 Å². The topological polar surface area (TPSA) is 69.4 Å². The van der Waals surface area contributed by atoms with Crippen molar-refractivity contribution in [2.75, 3.05) is 0 Å². The number of hydrogen-bond acceptors (Lipinski definition) is 4. The van der Waals surface area contributed by atoms with Crippen LogP contribution < -0.4 is 0 Å². The molecule has 2 rings (SSSR count). The molecule has 0 heterocycles. The van der Waals surface area contributed by atoms with Gasteiger partial charge in [0.25, 0.3) is 5.69 Å². The van der Waals surface area contributed by atoms with Crippen LogP contribution in [-0.2, 0) is 11.3 Å². The molecule has 0 amide bonds. The first kappa shape index (κ1) is 13.7. The lowest BCUT2D eigenvalue weighted by Gasteiger charge is -2.05. The third-order valence-corrected chi connectivity index (χ3v) is 2.63. The van der Waals surface area contributed by atoms with E-state index in [1.54, 1.807) is 6.07 Å². The van der Waals surface area contributed by atoms with E-state index < -0.39 is 16.7 Å². The average molecular weight is 275 g/mol. The van der Waals surface area contributed by atoms with Crippen molar-refractivity contribution in [2.45, 2.75) is 6.61 Å². The maximum atomic E-state index is 12.7. The van der Waals surface area contributed by atoms with Crippen LogP contribution in [0.1, 0.15) is 15.9 Å². The van der Waals surface area contributed by atoms with Gasteiger partial charge >= 0.3 is 5.97 Å². The Hall–Kier alpha value is -2.76. The molecule has 5 nitrogen and oxygen atoms in total.